The highest BCUT2D eigenvalue weighted by Gasteiger charge is 2.34. The molecule has 5 N–H and O–H groups in total. The lowest BCUT2D eigenvalue weighted by Crippen LogP contribution is -2.29. The van der Waals surface area contributed by atoms with Crippen molar-refractivity contribution in [3.05, 3.63) is 109 Å². The second-order valence-corrected chi connectivity index (χ2v) is 10.0. The Morgan fingerprint density at radius 2 is 1.56 bits per heavy atom. The van der Waals surface area contributed by atoms with Crippen molar-refractivity contribution < 1.29 is 19.4 Å². The molecule has 0 unspecified atom stereocenters. The number of aromatic hydroxyl groups is 1. The maximum absolute atomic E-state index is 13.1. The molecule has 0 spiro atoms. The fraction of sp³-hybridized carbons (Fsp3) is 0.188. The van der Waals surface area contributed by atoms with Gasteiger partial charge in [-0.3, -0.25) is 10.1 Å². The van der Waals surface area contributed by atoms with Gasteiger partial charge in [-0.05, 0) is 60.2 Å². The molecule has 0 saturated carbocycles. The van der Waals surface area contributed by atoms with E-state index < -0.39 is 17.6 Å². The number of para-hydroxylation sites is 2. The molecule has 7 nitrogen and oxygen atoms in total. The van der Waals surface area contributed by atoms with E-state index >= 15 is 0 Å². The predicted octanol–water partition coefficient (Wildman–Crippen LogP) is 7.42. The van der Waals surface area contributed by atoms with E-state index in [9.17, 15) is 14.7 Å². The lowest BCUT2D eigenvalue weighted by molar-refractivity contribution is -0.111. The van der Waals surface area contributed by atoms with Crippen LogP contribution in [-0.4, -0.2) is 17.1 Å². The number of benzene rings is 4. The molecule has 200 valence electrons. The third kappa shape index (κ3) is 7.17. The van der Waals surface area contributed by atoms with Gasteiger partial charge in [0.25, 0.3) is 0 Å². The van der Waals surface area contributed by atoms with Gasteiger partial charge in [0.1, 0.15) is 11.9 Å². The van der Waals surface area contributed by atoms with Crippen LogP contribution in [-0.2, 0) is 9.53 Å². The van der Waals surface area contributed by atoms with Crippen LogP contribution in [0, 0.1) is 5.41 Å². The maximum Gasteiger partial charge on any atom is 0.412 e. The number of phenolic OH excluding ortho intramolecular Hbond substituents is 1. The normalized spacial score (nSPS) is 12.3. The van der Waals surface area contributed by atoms with Crippen LogP contribution in [0.5, 0.6) is 5.75 Å². The van der Waals surface area contributed by atoms with Crippen LogP contribution >= 0.6 is 0 Å². The smallest absolute Gasteiger partial charge is 0.412 e. The average molecular weight is 524 g/mol. The first-order chi connectivity index (χ1) is 18.7. The van der Waals surface area contributed by atoms with Crippen molar-refractivity contribution in [3.8, 4) is 5.75 Å². The Labute approximate surface area is 228 Å². The second kappa shape index (κ2) is 12.2. The van der Waals surface area contributed by atoms with Crippen molar-refractivity contribution in [1.82, 2.24) is 0 Å². The third-order valence-electron chi connectivity index (χ3n) is 6.60. The first-order valence-corrected chi connectivity index (χ1v) is 12.8. The van der Waals surface area contributed by atoms with Crippen molar-refractivity contribution in [2.75, 3.05) is 16.4 Å². The van der Waals surface area contributed by atoms with E-state index in [1.54, 1.807) is 54.6 Å². The number of nitrogen functional groups attached to an aromatic ring is 1. The maximum atomic E-state index is 13.1. The molecule has 0 aliphatic heterocycles. The van der Waals surface area contributed by atoms with E-state index in [0.717, 1.165) is 16.3 Å². The van der Waals surface area contributed by atoms with Crippen molar-refractivity contribution in [3.63, 3.8) is 0 Å². The van der Waals surface area contributed by atoms with E-state index in [1.165, 1.54) is 6.08 Å². The molecule has 0 fully saturated rings. The minimum Gasteiger partial charge on any atom is -0.508 e. The van der Waals surface area contributed by atoms with Crippen molar-refractivity contribution in [2.45, 2.75) is 32.8 Å². The number of anilines is 3. The number of carbonyl (C=O) groups is 2. The number of hydrogen-bond acceptors (Lipinski definition) is 5. The summed E-state index contributed by atoms with van der Waals surface area (Å²) in [6, 6.07) is 27.2. The summed E-state index contributed by atoms with van der Waals surface area (Å²) in [7, 11) is 0. The van der Waals surface area contributed by atoms with Gasteiger partial charge in [-0.2, -0.15) is 0 Å². The van der Waals surface area contributed by atoms with Gasteiger partial charge in [-0.15, -0.1) is 0 Å². The van der Waals surface area contributed by atoms with Crippen molar-refractivity contribution >= 4 is 39.8 Å². The number of ether oxygens (including phenoxy) is 1. The van der Waals surface area contributed by atoms with Gasteiger partial charge in [0.2, 0.25) is 5.91 Å². The Bertz CT molecular complexity index is 1470. The average Bonchev–Trinajstić information content (AvgIpc) is 2.92. The number of nitrogens with one attached hydrogen (secondary N) is 2. The molecule has 2 amide bonds. The van der Waals surface area contributed by atoms with Crippen LogP contribution in [0.1, 0.15) is 38.4 Å². The lowest BCUT2D eigenvalue weighted by atomic mass is 9.78. The van der Waals surface area contributed by atoms with Gasteiger partial charge in [-0.1, -0.05) is 80.6 Å². The second-order valence-electron chi connectivity index (χ2n) is 10.0. The van der Waals surface area contributed by atoms with Gasteiger partial charge >= 0.3 is 6.09 Å². The van der Waals surface area contributed by atoms with Crippen LogP contribution in [0.3, 0.4) is 0 Å². The molecule has 0 radical (unpaired) electrons. The summed E-state index contributed by atoms with van der Waals surface area (Å²) >= 11 is 0. The summed E-state index contributed by atoms with van der Waals surface area (Å²) in [5.41, 5.74) is 7.87. The molecule has 0 aliphatic rings. The number of phenols is 1. The minimum absolute atomic E-state index is 0.128. The number of carbonyl (C=O) groups excluding carboxylic acids is 2. The number of allylic oxidation sites excluding steroid dienone is 1. The predicted molar refractivity (Wildman–Crippen MR) is 157 cm³/mol. The van der Waals surface area contributed by atoms with Gasteiger partial charge in [0.15, 0.2) is 0 Å². The topological polar surface area (TPSA) is 114 Å². The number of amides is 2. The number of rotatable bonds is 9. The summed E-state index contributed by atoms with van der Waals surface area (Å²) < 4.78 is 6.02. The zero-order chi connectivity index (χ0) is 27.8. The molecular weight excluding hydrogens is 490 g/mol. The Kier molecular flexibility index (Phi) is 8.51. The quantitative estimate of drug-likeness (QED) is 0.135. The number of nitrogens with two attached hydrogens (primary N) is 1. The Morgan fingerprint density at radius 1 is 0.897 bits per heavy atom. The van der Waals surface area contributed by atoms with Gasteiger partial charge in [0.05, 0.1) is 17.1 Å². The van der Waals surface area contributed by atoms with Crippen LogP contribution in [0.4, 0.5) is 21.9 Å². The highest BCUT2D eigenvalue weighted by Crippen LogP contribution is 2.41. The standard InChI is InChI=1S/C32H33N3O4/c1-32(2,21-8-7-16-29(37)34-28-14-6-5-13-26(28)33)30(23-17-19-24(36)20-18-23)39-31(38)35-27-15-9-11-22-10-3-4-12-25(22)27/h3-7,9-20,30,36H,8,21,33H2,1-2H3,(H,34,37)(H,35,38)/b16-7+/t30-/m0/s1. The molecule has 4 aromatic carbocycles. The molecule has 1 atom stereocenters. The van der Waals surface area contributed by atoms with Gasteiger partial charge < -0.3 is 20.9 Å². The van der Waals surface area contributed by atoms with Crippen molar-refractivity contribution in [1.29, 1.82) is 0 Å². The van der Waals surface area contributed by atoms with Crippen molar-refractivity contribution in [2.24, 2.45) is 5.41 Å². The first kappa shape index (κ1) is 27.3. The highest BCUT2D eigenvalue weighted by atomic mass is 16.6. The molecule has 7 heteroatoms. The molecule has 0 aromatic heterocycles. The van der Waals surface area contributed by atoms with Crippen LogP contribution in [0.2, 0.25) is 0 Å². The molecule has 0 heterocycles. The third-order valence-corrected chi connectivity index (χ3v) is 6.60. The van der Waals surface area contributed by atoms with E-state index in [2.05, 4.69) is 10.6 Å². The lowest BCUT2D eigenvalue weighted by Gasteiger charge is -2.34. The Balaban J connectivity index is 1.45. The molecule has 4 aromatic rings. The zero-order valence-electron chi connectivity index (χ0n) is 22.1. The summed E-state index contributed by atoms with van der Waals surface area (Å²) in [6.07, 6.45) is 3.28. The van der Waals surface area contributed by atoms with Crippen LogP contribution in [0.25, 0.3) is 10.8 Å². The number of hydrogen-bond donors (Lipinski definition) is 4. The zero-order valence-corrected chi connectivity index (χ0v) is 22.1. The summed E-state index contributed by atoms with van der Waals surface area (Å²) in [4.78, 5) is 25.4. The Hall–Kier alpha value is -4.78. The van der Waals surface area contributed by atoms with Crippen LogP contribution in [0.15, 0.2) is 103 Å². The van der Waals surface area contributed by atoms with Gasteiger partial charge in [0, 0.05) is 10.8 Å². The van der Waals surface area contributed by atoms with E-state index in [-0.39, 0.29) is 11.7 Å². The minimum atomic E-state index is -0.612. The monoisotopic (exact) mass is 523 g/mol. The molecule has 0 saturated heterocycles. The van der Waals surface area contributed by atoms with Gasteiger partial charge in [-0.25, -0.2) is 4.79 Å². The first-order valence-electron chi connectivity index (χ1n) is 12.8. The largest absolute Gasteiger partial charge is 0.508 e. The summed E-state index contributed by atoms with van der Waals surface area (Å²) in [6.45, 7) is 4.02. The number of fused-ring (bicyclic) bond motifs is 1. The molecule has 39 heavy (non-hydrogen) atoms. The molecule has 0 bridgehead atoms. The molecule has 4 rings (SSSR count). The fourth-order valence-electron chi connectivity index (χ4n) is 4.47. The van der Waals surface area contributed by atoms with E-state index in [0.29, 0.717) is 29.9 Å². The van der Waals surface area contributed by atoms with Crippen LogP contribution < -0.4 is 16.4 Å². The Morgan fingerprint density at radius 3 is 2.33 bits per heavy atom. The summed E-state index contributed by atoms with van der Waals surface area (Å²) in [5.74, 6) is -0.144. The summed E-state index contributed by atoms with van der Waals surface area (Å²) in [5, 5.41) is 17.4. The SMILES string of the molecule is CC(C)(CC/C=C/C(=O)Nc1ccccc1N)[C@@H](OC(=O)Nc1cccc2ccccc12)c1ccc(O)cc1. The molecule has 0 aliphatic carbocycles. The van der Waals surface area contributed by atoms with E-state index in [4.69, 9.17) is 10.5 Å². The highest BCUT2D eigenvalue weighted by molar-refractivity contribution is 6.01. The van der Waals surface area contributed by atoms with E-state index in [1.807, 2.05) is 56.3 Å². The fourth-order valence-corrected chi connectivity index (χ4v) is 4.47. The molecular formula is C32H33N3O4.